The Morgan fingerprint density at radius 1 is 0.972 bits per heavy atom. The van der Waals surface area contributed by atoms with Crippen LogP contribution in [0.15, 0.2) is 60.7 Å². The van der Waals surface area contributed by atoms with Gasteiger partial charge in [-0.05, 0) is 66.1 Å². The number of nitrogens with zero attached hydrogens (tertiary/aromatic N) is 1. The number of hydrogen-bond acceptors (Lipinski definition) is 5. The zero-order valence-corrected chi connectivity index (χ0v) is 20.3. The largest absolute Gasteiger partial charge is 0.497 e. The molecule has 3 amide bonds. The summed E-state index contributed by atoms with van der Waals surface area (Å²) >= 11 is 0. The molecule has 0 saturated carbocycles. The average Bonchev–Trinajstić information content (AvgIpc) is 2.91. The Labute approximate surface area is 209 Å². The highest BCUT2D eigenvalue weighted by Crippen LogP contribution is 2.38. The zero-order chi connectivity index (χ0) is 25.7. The number of methoxy groups -OCH3 is 3. The summed E-state index contributed by atoms with van der Waals surface area (Å²) in [6.07, 6.45) is 0.559. The summed E-state index contributed by atoms with van der Waals surface area (Å²) in [6.45, 7) is 0.504. The molecule has 3 aromatic carbocycles. The predicted octanol–water partition coefficient (Wildman–Crippen LogP) is 4.41. The van der Waals surface area contributed by atoms with Crippen LogP contribution in [0.4, 0.5) is 14.9 Å². The molecular formula is C27H28FN3O5. The average molecular weight is 494 g/mol. The molecule has 0 aromatic heterocycles. The van der Waals surface area contributed by atoms with Gasteiger partial charge in [0.15, 0.2) is 11.5 Å². The summed E-state index contributed by atoms with van der Waals surface area (Å²) in [7, 11) is 4.66. The number of anilines is 1. The highest BCUT2D eigenvalue weighted by Gasteiger charge is 2.33. The molecule has 1 aliphatic heterocycles. The van der Waals surface area contributed by atoms with E-state index in [0.717, 1.165) is 11.1 Å². The summed E-state index contributed by atoms with van der Waals surface area (Å²) in [6, 6.07) is 15.4. The van der Waals surface area contributed by atoms with Gasteiger partial charge in [0.25, 0.3) is 5.91 Å². The van der Waals surface area contributed by atoms with Gasteiger partial charge in [-0.1, -0.05) is 12.1 Å². The highest BCUT2D eigenvalue weighted by atomic mass is 19.1. The second kappa shape index (κ2) is 11.0. The van der Waals surface area contributed by atoms with Crippen molar-refractivity contribution in [1.82, 2.24) is 10.2 Å². The number of urea groups is 1. The molecule has 1 aliphatic rings. The number of benzene rings is 3. The smallest absolute Gasteiger partial charge is 0.322 e. The van der Waals surface area contributed by atoms with Crippen LogP contribution in [0.3, 0.4) is 0 Å². The Bertz CT molecular complexity index is 1250. The lowest BCUT2D eigenvalue weighted by Crippen LogP contribution is -2.47. The molecule has 188 valence electrons. The lowest BCUT2D eigenvalue weighted by Gasteiger charge is -2.38. The van der Waals surface area contributed by atoms with Crippen molar-refractivity contribution in [3.8, 4) is 17.2 Å². The first-order chi connectivity index (χ1) is 17.4. The molecule has 0 spiro atoms. The van der Waals surface area contributed by atoms with Gasteiger partial charge >= 0.3 is 6.03 Å². The van der Waals surface area contributed by atoms with E-state index < -0.39 is 17.9 Å². The third-order valence-corrected chi connectivity index (χ3v) is 6.19. The van der Waals surface area contributed by atoms with E-state index in [1.54, 1.807) is 55.5 Å². The maximum absolute atomic E-state index is 14.2. The maximum atomic E-state index is 14.2. The Morgan fingerprint density at radius 2 is 1.67 bits per heavy atom. The minimum absolute atomic E-state index is 0.0848. The number of halogens is 1. The van der Waals surface area contributed by atoms with Gasteiger partial charge in [-0.25, -0.2) is 9.18 Å². The molecule has 0 unspecified atom stereocenters. The van der Waals surface area contributed by atoms with E-state index in [9.17, 15) is 14.0 Å². The second-order valence-electron chi connectivity index (χ2n) is 8.21. The third kappa shape index (κ3) is 5.19. The van der Waals surface area contributed by atoms with Crippen molar-refractivity contribution in [3.63, 3.8) is 0 Å². The number of rotatable bonds is 7. The van der Waals surface area contributed by atoms with Crippen molar-refractivity contribution in [1.29, 1.82) is 0 Å². The summed E-state index contributed by atoms with van der Waals surface area (Å²) in [5, 5.41) is 5.58. The summed E-state index contributed by atoms with van der Waals surface area (Å²) in [4.78, 5) is 27.7. The number of nitrogens with one attached hydrogen (secondary N) is 2. The van der Waals surface area contributed by atoms with Gasteiger partial charge in [0.1, 0.15) is 11.6 Å². The number of amides is 3. The van der Waals surface area contributed by atoms with E-state index in [1.165, 1.54) is 19.2 Å². The van der Waals surface area contributed by atoms with Crippen molar-refractivity contribution in [2.24, 2.45) is 0 Å². The van der Waals surface area contributed by atoms with E-state index in [1.807, 2.05) is 12.1 Å². The van der Waals surface area contributed by atoms with E-state index in [4.69, 9.17) is 14.2 Å². The number of fused-ring (bicyclic) bond motifs is 1. The second-order valence-corrected chi connectivity index (χ2v) is 8.21. The number of ether oxygens (including phenoxy) is 3. The van der Waals surface area contributed by atoms with Gasteiger partial charge in [0.05, 0.1) is 33.1 Å². The lowest BCUT2D eigenvalue weighted by atomic mass is 9.91. The van der Waals surface area contributed by atoms with Crippen molar-refractivity contribution in [2.45, 2.75) is 12.5 Å². The topological polar surface area (TPSA) is 89.1 Å². The molecule has 1 atom stereocenters. The maximum Gasteiger partial charge on any atom is 0.322 e. The molecule has 8 nitrogen and oxygen atoms in total. The Hall–Kier alpha value is -4.27. The van der Waals surface area contributed by atoms with Crippen molar-refractivity contribution >= 4 is 17.6 Å². The van der Waals surface area contributed by atoms with E-state index in [0.29, 0.717) is 35.8 Å². The van der Waals surface area contributed by atoms with Crippen LogP contribution in [0.2, 0.25) is 0 Å². The van der Waals surface area contributed by atoms with Crippen LogP contribution < -0.4 is 24.8 Å². The van der Waals surface area contributed by atoms with Crippen LogP contribution in [0.25, 0.3) is 0 Å². The van der Waals surface area contributed by atoms with Gasteiger partial charge < -0.3 is 29.7 Å². The van der Waals surface area contributed by atoms with Crippen LogP contribution in [0, 0.1) is 5.82 Å². The molecule has 4 rings (SSSR count). The standard InChI is InChI=1S/C27H28FN3O5/c1-34-19-10-8-17(9-11-19)26(32)29-16-23-20-15-25(36-3)24(35-2)14-18(20)12-13-31(23)27(33)30-22-7-5-4-6-21(22)28/h4-11,14-15,23H,12-13,16H2,1-3H3,(H,29,32)(H,30,33)/t23-/m1/s1. The first kappa shape index (κ1) is 24.8. The molecule has 3 aromatic rings. The minimum atomic E-state index is -0.529. The predicted molar refractivity (Wildman–Crippen MR) is 133 cm³/mol. The summed E-state index contributed by atoms with van der Waals surface area (Å²) in [5.41, 5.74) is 2.34. The molecule has 9 heteroatoms. The van der Waals surface area contributed by atoms with E-state index in [2.05, 4.69) is 10.6 Å². The van der Waals surface area contributed by atoms with Gasteiger partial charge in [-0.15, -0.1) is 0 Å². The fourth-order valence-electron chi connectivity index (χ4n) is 4.27. The van der Waals surface area contributed by atoms with Gasteiger partial charge in [-0.3, -0.25) is 4.79 Å². The SMILES string of the molecule is COc1ccc(C(=O)NC[C@@H]2c3cc(OC)c(OC)cc3CCN2C(=O)Nc2ccccc2F)cc1. The molecule has 0 radical (unpaired) electrons. The molecule has 1 heterocycles. The quantitative estimate of drug-likeness (QED) is 0.509. The summed E-state index contributed by atoms with van der Waals surface area (Å²) < 4.78 is 30.3. The lowest BCUT2D eigenvalue weighted by molar-refractivity contribution is 0.0936. The number of carbonyl (C=O) groups is 2. The summed E-state index contributed by atoms with van der Waals surface area (Å²) in [5.74, 6) is 0.921. The van der Waals surface area contributed by atoms with Crippen molar-refractivity contribution in [2.75, 3.05) is 39.7 Å². The van der Waals surface area contributed by atoms with Gasteiger partial charge in [0.2, 0.25) is 0 Å². The molecule has 36 heavy (non-hydrogen) atoms. The Kier molecular flexibility index (Phi) is 7.58. The number of hydrogen-bond donors (Lipinski definition) is 2. The van der Waals surface area contributed by atoms with Crippen molar-refractivity contribution in [3.05, 3.63) is 83.2 Å². The number of carbonyl (C=O) groups excluding carboxylic acids is 2. The van der Waals surface area contributed by atoms with E-state index >= 15 is 0 Å². The highest BCUT2D eigenvalue weighted by molar-refractivity contribution is 5.94. The molecule has 0 fully saturated rings. The Morgan fingerprint density at radius 3 is 2.33 bits per heavy atom. The minimum Gasteiger partial charge on any atom is -0.497 e. The normalized spacial score (nSPS) is 14.4. The monoisotopic (exact) mass is 493 g/mol. The Balaban J connectivity index is 1.62. The van der Waals surface area contributed by atoms with Crippen LogP contribution in [0.5, 0.6) is 17.2 Å². The van der Waals surface area contributed by atoms with Crippen LogP contribution in [0.1, 0.15) is 27.5 Å². The fourth-order valence-corrected chi connectivity index (χ4v) is 4.27. The number of para-hydroxylation sites is 1. The third-order valence-electron chi connectivity index (χ3n) is 6.19. The molecule has 0 saturated heterocycles. The molecular weight excluding hydrogens is 465 g/mol. The molecule has 0 aliphatic carbocycles. The first-order valence-corrected chi connectivity index (χ1v) is 11.4. The van der Waals surface area contributed by atoms with Gasteiger partial charge in [-0.2, -0.15) is 0 Å². The molecule has 2 N–H and O–H groups in total. The van der Waals surface area contributed by atoms with Crippen molar-refractivity contribution < 1.29 is 28.2 Å². The van der Waals surface area contributed by atoms with Crippen LogP contribution in [-0.2, 0) is 6.42 Å². The van der Waals surface area contributed by atoms with Crippen LogP contribution >= 0.6 is 0 Å². The van der Waals surface area contributed by atoms with Gasteiger partial charge in [0, 0.05) is 18.7 Å². The van der Waals surface area contributed by atoms with Crippen LogP contribution in [-0.4, -0.2) is 51.3 Å². The fraction of sp³-hybridized carbons (Fsp3) is 0.259. The van der Waals surface area contributed by atoms with E-state index in [-0.39, 0.29) is 18.1 Å². The molecule has 0 bridgehead atoms. The first-order valence-electron chi connectivity index (χ1n) is 11.4. The zero-order valence-electron chi connectivity index (χ0n) is 20.3.